The van der Waals surface area contributed by atoms with Crippen molar-refractivity contribution in [2.45, 2.75) is 39.5 Å². The molecule has 0 bridgehead atoms. The van der Waals surface area contributed by atoms with Crippen molar-refractivity contribution in [3.05, 3.63) is 71.6 Å². The Hall–Kier alpha value is -3.61. The molecule has 0 spiro atoms. The molecule has 7 nitrogen and oxygen atoms in total. The van der Waals surface area contributed by atoms with Crippen molar-refractivity contribution in [3.8, 4) is 17.2 Å². The molecule has 7 heteroatoms. The van der Waals surface area contributed by atoms with Gasteiger partial charge in [-0.3, -0.25) is 4.79 Å². The minimum absolute atomic E-state index is 0.149. The van der Waals surface area contributed by atoms with Gasteiger partial charge in [-0.05, 0) is 43.2 Å². The van der Waals surface area contributed by atoms with E-state index < -0.39 is 5.97 Å². The zero-order valence-corrected chi connectivity index (χ0v) is 18.4. The summed E-state index contributed by atoms with van der Waals surface area (Å²) in [6.07, 6.45) is 1.71. The third-order valence-corrected chi connectivity index (χ3v) is 4.70. The fraction of sp³-hybridized carbons (Fsp3) is 0.320. The van der Waals surface area contributed by atoms with Crippen molar-refractivity contribution in [1.29, 1.82) is 0 Å². The Labute approximate surface area is 187 Å². The predicted octanol–water partition coefficient (Wildman–Crippen LogP) is 5.07. The Morgan fingerprint density at radius 1 is 1.09 bits per heavy atom. The average Bonchev–Trinajstić information content (AvgIpc) is 3.16. The molecule has 3 rings (SSSR count). The molecule has 1 N–H and O–H groups in total. The lowest BCUT2D eigenvalue weighted by atomic mass is 10.1. The highest BCUT2D eigenvalue weighted by atomic mass is 16.6. The second kappa shape index (κ2) is 11.7. The summed E-state index contributed by atoms with van der Waals surface area (Å²) in [6, 6.07) is 17.3. The average molecular weight is 437 g/mol. The van der Waals surface area contributed by atoms with Gasteiger partial charge in [-0.1, -0.05) is 42.4 Å². The number of aryl methyl sites for hydroxylation is 1. The van der Waals surface area contributed by atoms with Crippen LogP contribution in [-0.4, -0.2) is 35.0 Å². The van der Waals surface area contributed by atoms with E-state index in [0.29, 0.717) is 37.7 Å². The largest absolute Gasteiger partial charge is 0.493 e. The third kappa shape index (κ3) is 6.97. The van der Waals surface area contributed by atoms with Crippen LogP contribution < -0.4 is 4.74 Å². The Kier molecular flexibility index (Phi) is 8.43. The molecular formula is C25H28N2O5. The Bertz CT molecular complexity index is 1030. The third-order valence-electron chi connectivity index (χ3n) is 4.70. The zero-order valence-electron chi connectivity index (χ0n) is 18.4. The monoisotopic (exact) mass is 436 g/mol. The van der Waals surface area contributed by atoms with Crippen LogP contribution in [0.25, 0.3) is 11.5 Å². The Morgan fingerprint density at radius 2 is 1.84 bits per heavy atom. The summed E-state index contributed by atoms with van der Waals surface area (Å²) in [5.41, 5.74) is 3.25. The number of benzene rings is 2. The SMILES string of the molecule is CCCON=C(CC(=O)O)Cc1ccc(OCCc2nc(-c3ccccc3)oc2C)cc1. The lowest BCUT2D eigenvalue weighted by molar-refractivity contribution is -0.135. The van der Waals surface area contributed by atoms with Crippen LogP contribution >= 0.6 is 0 Å². The molecule has 1 aromatic heterocycles. The summed E-state index contributed by atoms with van der Waals surface area (Å²) in [5, 5.41) is 13.0. The Morgan fingerprint density at radius 3 is 2.53 bits per heavy atom. The number of ether oxygens (including phenoxy) is 1. The number of rotatable bonds is 12. The maximum Gasteiger partial charge on any atom is 0.309 e. The first-order valence-electron chi connectivity index (χ1n) is 10.7. The van der Waals surface area contributed by atoms with Crippen LogP contribution in [0.3, 0.4) is 0 Å². The number of aromatic nitrogens is 1. The number of carboxylic acid groups (broad SMARTS) is 1. The first-order chi connectivity index (χ1) is 15.5. The second-order valence-corrected chi connectivity index (χ2v) is 7.37. The summed E-state index contributed by atoms with van der Waals surface area (Å²) in [6.45, 7) is 4.81. The summed E-state index contributed by atoms with van der Waals surface area (Å²) >= 11 is 0. The molecule has 0 unspecified atom stereocenters. The van der Waals surface area contributed by atoms with Gasteiger partial charge in [0.1, 0.15) is 18.1 Å². The lowest BCUT2D eigenvalue weighted by Gasteiger charge is -2.08. The first kappa shape index (κ1) is 23.1. The van der Waals surface area contributed by atoms with Gasteiger partial charge in [0.05, 0.1) is 24.4 Å². The number of oxime groups is 1. The molecule has 0 atom stereocenters. The van der Waals surface area contributed by atoms with Crippen LogP contribution in [-0.2, 0) is 22.5 Å². The van der Waals surface area contributed by atoms with Crippen molar-refractivity contribution in [3.63, 3.8) is 0 Å². The van der Waals surface area contributed by atoms with Crippen LogP contribution in [0.1, 0.15) is 36.8 Å². The molecule has 0 amide bonds. The summed E-state index contributed by atoms with van der Waals surface area (Å²) in [7, 11) is 0. The van der Waals surface area contributed by atoms with E-state index in [0.717, 1.165) is 34.8 Å². The number of carboxylic acids is 1. The van der Waals surface area contributed by atoms with E-state index in [9.17, 15) is 4.79 Å². The van der Waals surface area contributed by atoms with E-state index in [-0.39, 0.29) is 6.42 Å². The van der Waals surface area contributed by atoms with Crippen LogP contribution in [0.4, 0.5) is 0 Å². The van der Waals surface area contributed by atoms with Crippen molar-refractivity contribution >= 4 is 11.7 Å². The molecule has 0 radical (unpaired) electrons. The highest BCUT2D eigenvalue weighted by Crippen LogP contribution is 2.22. The van der Waals surface area contributed by atoms with Crippen LogP contribution in [0.5, 0.6) is 5.75 Å². The van der Waals surface area contributed by atoms with Gasteiger partial charge in [-0.25, -0.2) is 4.98 Å². The molecular weight excluding hydrogens is 408 g/mol. The summed E-state index contributed by atoms with van der Waals surface area (Å²) < 4.78 is 11.6. The molecule has 0 aliphatic heterocycles. The zero-order chi connectivity index (χ0) is 22.8. The summed E-state index contributed by atoms with van der Waals surface area (Å²) in [5.74, 6) is 1.21. The first-order valence-corrected chi connectivity index (χ1v) is 10.7. The highest BCUT2D eigenvalue weighted by Gasteiger charge is 2.12. The molecule has 0 saturated carbocycles. The van der Waals surface area contributed by atoms with E-state index in [1.54, 1.807) is 0 Å². The van der Waals surface area contributed by atoms with E-state index >= 15 is 0 Å². The van der Waals surface area contributed by atoms with Gasteiger partial charge < -0.3 is 19.1 Å². The molecule has 168 valence electrons. The predicted molar refractivity (Wildman–Crippen MR) is 122 cm³/mol. The molecule has 0 aliphatic rings. The second-order valence-electron chi connectivity index (χ2n) is 7.37. The molecule has 32 heavy (non-hydrogen) atoms. The fourth-order valence-electron chi connectivity index (χ4n) is 3.10. The minimum atomic E-state index is -0.928. The van der Waals surface area contributed by atoms with E-state index in [4.69, 9.17) is 19.1 Å². The van der Waals surface area contributed by atoms with Gasteiger partial charge in [-0.15, -0.1) is 0 Å². The van der Waals surface area contributed by atoms with E-state index in [2.05, 4.69) is 10.1 Å². The van der Waals surface area contributed by atoms with Gasteiger partial charge in [0.2, 0.25) is 5.89 Å². The Balaban J connectivity index is 1.53. The fourth-order valence-corrected chi connectivity index (χ4v) is 3.10. The van der Waals surface area contributed by atoms with Crippen molar-refractivity contribution < 1.29 is 23.9 Å². The number of oxazole rings is 1. The summed E-state index contributed by atoms with van der Waals surface area (Å²) in [4.78, 5) is 20.8. The molecule has 0 fully saturated rings. The van der Waals surface area contributed by atoms with Crippen LogP contribution in [0.15, 0.2) is 64.2 Å². The standard InChI is InChI=1S/C25H28N2O5/c1-3-14-31-27-21(17-24(28)29)16-19-9-11-22(12-10-19)30-15-13-23-18(2)32-25(26-23)20-7-5-4-6-8-20/h4-12H,3,13-17H2,1-2H3,(H,28,29). The van der Waals surface area contributed by atoms with Crippen molar-refractivity contribution in [2.24, 2.45) is 5.16 Å². The maximum atomic E-state index is 11.1. The van der Waals surface area contributed by atoms with Gasteiger partial charge in [0.15, 0.2) is 0 Å². The van der Waals surface area contributed by atoms with Gasteiger partial charge in [0.25, 0.3) is 0 Å². The van der Waals surface area contributed by atoms with Gasteiger partial charge in [-0.2, -0.15) is 0 Å². The lowest BCUT2D eigenvalue weighted by Crippen LogP contribution is -2.11. The normalized spacial score (nSPS) is 11.4. The number of carbonyl (C=O) groups is 1. The molecule has 3 aromatic rings. The van der Waals surface area contributed by atoms with E-state index in [1.165, 1.54) is 0 Å². The number of nitrogens with zero attached hydrogens (tertiary/aromatic N) is 2. The smallest absolute Gasteiger partial charge is 0.309 e. The van der Waals surface area contributed by atoms with E-state index in [1.807, 2.05) is 68.4 Å². The van der Waals surface area contributed by atoms with Crippen LogP contribution in [0, 0.1) is 6.92 Å². The van der Waals surface area contributed by atoms with Crippen molar-refractivity contribution in [1.82, 2.24) is 4.98 Å². The maximum absolute atomic E-state index is 11.1. The van der Waals surface area contributed by atoms with Gasteiger partial charge in [0, 0.05) is 18.4 Å². The molecule has 0 aliphatic carbocycles. The van der Waals surface area contributed by atoms with Crippen molar-refractivity contribution in [2.75, 3.05) is 13.2 Å². The number of aliphatic carboxylic acids is 1. The quantitative estimate of drug-likeness (QED) is 0.242. The topological polar surface area (TPSA) is 94.2 Å². The van der Waals surface area contributed by atoms with Crippen LogP contribution in [0.2, 0.25) is 0 Å². The minimum Gasteiger partial charge on any atom is -0.493 e. The number of hydrogen-bond acceptors (Lipinski definition) is 6. The molecule has 1 heterocycles. The molecule has 0 saturated heterocycles. The molecule has 2 aromatic carbocycles. The van der Waals surface area contributed by atoms with Gasteiger partial charge >= 0.3 is 5.97 Å². The number of hydrogen-bond donors (Lipinski definition) is 1. The highest BCUT2D eigenvalue weighted by molar-refractivity contribution is 5.99.